The summed E-state index contributed by atoms with van der Waals surface area (Å²) < 4.78 is 65.7. The average Bonchev–Trinajstić information content (AvgIpc) is 3.30. The Hall–Kier alpha value is -1.72. The Morgan fingerprint density at radius 1 is 1.29 bits per heavy atom. The molecule has 1 saturated carbocycles. The molecule has 1 aliphatic rings. The third-order valence-electron chi connectivity index (χ3n) is 3.65. The third-order valence-corrected chi connectivity index (χ3v) is 5.63. The molecule has 11 heteroatoms. The number of hydrogen-bond acceptors (Lipinski definition) is 5. The van der Waals surface area contributed by atoms with Gasteiger partial charge in [-0.25, -0.2) is 8.42 Å². The van der Waals surface area contributed by atoms with E-state index in [1.54, 1.807) is 0 Å². The van der Waals surface area contributed by atoms with Gasteiger partial charge in [-0.2, -0.15) is 17.5 Å². The first-order valence-electron chi connectivity index (χ1n) is 7.14. The van der Waals surface area contributed by atoms with E-state index in [0.717, 1.165) is 24.3 Å². The number of nitro groups is 1. The van der Waals surface area contributed by atoms with Crippen LogP contribution in [0.2, 0.25) is 0 Å². The molecule has 134 valence electrons. The maximum atomic E-state index is 13.3. The van der Waals surface area contributed by atoms with E-state index >= 15 is 0 Å². The molecular weight excluding hydrogens is 351 g/mol. The lowest BCUT2D eigenvalue weighted by Crippen LogP contribution is -2.50. The summed E-state index contributed by atoms with van der Waals surface area (Å²) in [4.78, 5) is 9.49. The van der Waals surface area contributed by atoms with E-state index in [9.17, 15) is 31.7 Å². The van der Waals surface area contributed by atoms with Crippen LogP contribution in [0.1, 0.15) is 19.3 Å². The second-order valence-corrected chi connectivity index (χ2v) is 7.30. The van der Waals surface area contributed by atoms with Crippen molar-refractivity contribution in [2.45, 2.75) is 42.4 Å². The Balaban J connectivity index is 2.43. The quantitative estimate of drug-likeness (QED) is 0.586. The summed E-state index contributed by atoms with van der Waals surface area (Å²) in [5.74, 6) is 0. The van der Waals surface area contributed by atoms with Crippen molar-refractivity contribution in [3.05, 3.63) is 34.4 Å². The van der Waals surface area contributed by atoms with E-state index in [0.29, 0.717) is 17.1 Å². The first-order chi connectivity index (χ1) is 11.1. The van der Waals surface area contributed by atoms with Gasteiger partial charge in [0.05, 0.1) is 9.82 Å². The summed E-state index contributed by atoms with van der Waals surface area (Å²) in [7, 11) is -4.45. The number of hydrogen-bond donors (Lipinski definition) is 1. The van der Waals surface area contributed by atoms with Crippen LogP contribution in [-0.4, -0.2) is 42.5 Å². The minimum atomic E-state index is -4.75. The average molecular weight is 367 g/mol. The highest BCUT2D eigenvalue weighted by atomic mass is 32.2. The number of sulfonamides is 1. The Morgan fingerprint density at radius 3 is 2.21 bits per heavy atom. The molecule has 1 aliphatic carbocycles. The molecule has 0 aliphatic heterocycles. The van der Waals surface area contributed by atoms with Gasteiger partial charge in [-0.3, -0.25) is 10.1 Å². The molecule has 1 atom stereocenters. The number of nitrogens with zero attached hydrogens (tertiary/aromatic N) is 2. The standard InChI is InChI=1S/C13H16F3N3O4S/c14-13(15,16)12(7-8-17)18(9-1-2-9)24(22,23)11-5-3-10(4-6-11)19(20)21/h3-6,9,12H,1-2,7-8,17H2. The fourth-order valence-corrected chi connectivity index (χ4v) is 4.29. The molecule has 24 heavy (non-hydrogen) atoms. The predicted molar refractivity (Wildman–Crippen MR) is 78.7 cm³/mol. The van der Waals surface area contributed by atoms with Crippen LogP contribution in [0.15, 0.2) is 29.2 Å². The number of benzene rings is 1. The molecule has 1 unspecified atom stereocenters. The number of nitro benzene ring substituents is 1. The Morgan fingerprint density at radius 2 is 1.83 bits per heavy atom. The molecule has 1 aromatic rings. The van der Waals surface area contributed by atoms with E-state index in [4.69, 9.17) is 5.73 Å². The Kier molecular flexibility index (Phi) is 5.16. The second-order valence-electron chi connectivity index (χ2n) is 5.45. The van der Waals surface area contributed by atoms with E-state index in [2.05, 4.69) is 0 Å². The van der Waals surface area contributed by atoms with Gasteiger partial charge in [0.2, 0.25) is 10.0 Å². The van der Waals surface area contributed by atoms with Crippen molar-refractivity contribution in [1.82, 2.24) is 4.31 Å². The van der Waals surface area contributed by atoms with Gasteiger partial charge in [-0.1, -0.05) is 0 Å². The molecule has 0 radical (unpaired) electrons. The van der Waals surface area contributed by atoms with E-state index in [1.807, 2.05) is 0 Å². The normalized spacial score (nSPS) is 17.0. The largest absolute Gasteiger partial charge is 0.405 e. The molecule has 1 aromatic carbocycles. The number of halogens is 3. The molecule has 0 bridgehead atoms. The zero-order valence-electron chi connectivity index (χ0n) is 12.4. The van der Waals surface area contributed by atoms with Crippen molar-refractivity contribution in [1.29, 1.82) is 0 Å². The molecule has 2 N–H and O–H groups in total. The molecular formula is C13H16F3N3O4S. The molecule has 0 spiro atoms. The van der Waals surface area contributed by atoms with E-state index in [-0.39, 0.29) is 12.2 Å². The molecule has 7 nitrogen and oxygen atoms in total. The highest BCUT2D eigenvalue weighted by molar-refractivity contribution is 7.89. The van der Waals surface area contributed by atoms with Gasteiger partial charge in [0.25, 0.3) is 5.69 Å². The van der Waals surface area contributed by atoms with Gasteiger partial charge in [0.15, 0.2) is 0 Å². The van der Waals surface area contributed by atoms with Crippen molar-refractivity contribution in [3.8, 4) is 0 Å². The number of nitrogens with two attached hydrogens (primary N) is 1. The number of alkyl halides is 3. The highest BCUT2D eigenvalue weighted by Gasteiger charge is 2.52. The van der Waals surface area contributed by atoms with Crippen LogP contribution in [-0.2, 0) is 10.0 Å². The predicted octanol–water partition coefficient (Wildman–Crippen LogP) is 2.03. The summed E-state index contributed by atoms with van der Waals surface area (Å²) in [6.07, 6.45) is -4.63. The fraction of sp³-hybridized carbons (Fsp3) is 0.538. The Labute approximate surface area is 136 Å². The van der Waals surface area contributed by atoms with Crippen molar-refractivity contribution < 1.29 is 26.5 Å². The van der Waals surface area contributed by atoms with Gasteiger partial charge in [-0.15, -0.1) is 0 Å². The van der Waals surface area contributed by atoms with Gasteiger partial charge in [-0.05, 0) is 37.9 Å². The molecule has 0 saturated heterocycles. The smallest absolute Gasteiger partial charge is 0.330 e. The molecule has 0 heterocycles. The molecule has 0 amide bonds. The SMILES string of the molecule is NCCC(N(C1CC1)S(=O)(=O)c1ccc([N+](=O)[O-])cc1)C(F)(F)F. The second kappa shape index (κ2) is 6.65. The fourth-order valence-electron chi connectivity index (χ4n) is 2.40. The highest BCUT2D eigenvalue weighted by Crippen LogP contribution is 2.40. The molecule has 2 rings (SSSR count). The van der Waals surface area contributed by atoms with E-state index in [1.165, 1.54) is 0 Å². The summed E-state index contributed by atoms with van der Waals surface area (Å²) in [6, 6.07) is 0.836. The van der Waals surface area contributed by atoms with Crippen LogP contribution < -0.4 is 5.73 Å². The summed E-state index contributed by atoms with van der Waals surface area (Å²) >= 11 is 0. The van der Waals surface area contributed by atoms with Crippen molar-refractivity contribution in [2.24, 2.45) is 5.73 Å². The monoisotopic (exact) mass is 367 g/mol. The molecule has 1 fully saturated rings. The van der Waals surface area contributed by atoms with Crippen molar-refractivity contribution in [2.75, 3.05) is 6.54 Å². The van der Waals surface area contributed by atoms with Crippen LogP contribution in [0, 0.1) is 10.1 Å². The minimum absolute atomic E-state index is 0.316. The lowest BCUT2D eigenvalue weighted by atomic mass is 10.2. The number of non-ortho nitro benzene ring substituents is 1. The van der Waals surface area contributed by atoms with E-state index < -0.39 is 44.5 Å². The van der Waals surface area contributed by atoms with Crippen LogP contribution in [0.3, 0.4) is 0 Å². The summed E-state index contributed by atoms with van der Waals surface area (Å²) in [5, 5.41) is 10.6. The van der Waals surface area contributed by atoms with Crippen LogP contribution >= 0.6 is 0 Å². The summed E-state index contributed by atoms with van der Waals surface area (Å²) in [5.41, 5.74) is 4.88. The van der Waals surface area contributed by atoms with Crippen LogP contribution in [0.5, 0.6) is 0 Å². The van der Waals surface area contributed by atoms with Gasteiger partial charge >= 0.3 is 6.18 Å². The van der Waals surface area contributed by atoms with Crippen molar-refractivity contribution >= 4 is 15.7 Å². The number of rotatable bonds is 7. The van der Waals surface area contributed by atoms with Gasteiger partial charge in [0, 0.05) is 18.2 Å². The van der Waals surface area contributed by atoms with Crippen molar-refractivity contribution in [3.63, 3.8) is 0 Å². The topological polar surface area (TPSA) is 107 Å². The molecule has 0 aromatic heterocycles. The Bertz CT molecular complexity index is 702. The van der Waals surface area contributed by atoms with Crippen LogP contribution in [0.4, 0.5) is 18.9 Å². The lowest BCUT2D eigenvalue weighted by Gasteiger charge is -2.32. The van der Waals surface area contributed by atoms with Crippen LogP contribution in [0.25, 0.3) is 0 Å². The maximum Gasteiger partial charge on any atom is 0.405 e. The lowest BCUT2D eigenvalue weighted by molar-refractivity contribution is -0.384. The summed E-state index contributed by atoms with van der Waals surface area (Å²) in [6.45, 7) is -0.316. The zero-order valence-corrected chi connectivity index (χ0v) is 13.3. The third kappa shape index (κ3) is 3.84. The minimum Gasteiger partial charge on any atom is -0.330 e. The first kappa shape index (κ1) is 18.6. The zero-order chi connectivity index (χ0) is 18.1. The van der Waals surface area contributed by atoms with Gasteiger partial charge < -0.3 is 5.73 Å². The van der Waals surface area contributed by atoms with Gasteiger partial charge in [0.1, 0.15) is 6.04 Å². The first-order valence-corrected chi connectivity index (χ1v) is 8.58. The maximum absolute atomic E-state index is 13.3.